The molecule has 3 aromatic heterocycles. The molecular formula is C59H43N3O+2. The van der Waals surface area contributed by atoms with Crippen molar-refractivity contribution in [2.45, 2.75) is 26.3 Å². The first-order chi connectivity index (χ1) is 31.0. The average molecular weight is 810 g/mol. The SMILES string of the molecule is CCc1ccccc1-c1cc2c(cc1C)oc1ccc(-c3ccc(N4c5cccc(-c6c7ccccc7cc[n+]6C)c5C5c6c(cccc64)-c4c6ccccc6cc[n+]45)cc3)cc12. The highest BCUT2D eigenvalue weighted by atomic mass is 16.3. The van der Waals surface area contributed by atoms with E-state index in [0.717, 1.165) is 45.2 Å². The van der Waals surface area contributed by atoms with Crippen molar-refractivity contribution in [1.82, 2.24) is 0 Å². The number of hydrogen-bond acceptors (Lipinski definition) is 2. The van der Waals surface area contributed by atoms with Crippen molar-refractivity contribution in [2.75, 3.05) is 4.90 Å². The van der Waals surface area contributed by atoms with E-state index in [1.165, 1.54) is 88.8 Å². The minimum atomic E-state index is -0.00670. The fourth-order valence-electron chi connectivity index (χ4n) is 11.0. The van der Waals surface area contributed by atoms with Gasteiger partial charge in [0, 0.05) is 28.6 Å². The lowest BCUT2D eigenvalue weighted by Crippen LogP contribution is -2.41. The van der Waals surface area contributed by atoms with Crippen LogP contribution in [0.1, 0.15) is 35.2 Å². The quantitative estimate of drug-likeness (QED) is 0.162. The summed E-state index contributed by atoms with van der Waals surface area (Å²) >= 11 is 0. The molecule has 0 bridgehead atoms. The van der Waals surface area contributed by atoms with Gasteiger partial charge in [0.1, 0.15) is 18.2 Å². The minimum absolute atomic E-state index is 0.00670. The Kier molecular flexibility index (Phi) is 7.74. The molecule has 4 nitrogen and oxygen atoms in total. The Hall–Kier alpha value is -7.82. The zero-order valence-corrected chi connectivity index (χ0v) is 35.4. The first-order valence-corrected chi connectivity index (χ1v) is 22.1. The third-order valence-electron chi connectivity index (χ3n) is 13.9. The van der Waals surface area contributed by atoms with E-state index in [4.69, 9.17) is 4.42 Å². The number of anilines is 3. The number of benzene rings is 8. The second-order valence-electron chi connectivity index (χ2n) is 17.3. The van der Waals surface area contributed by atoms with Gasteiger partial charge in [0.15, 0.2) is 12.4 Å². The van der Waals surface area contributed by atoms with Crippen LogP contribution in [0.4, 0.5) is 17.1 Å². The number of rotatable bonds is 5. The first kappa shape index (κ1) is 35.9. The van der Waals surface area contributed by atoms with Gasteiger partial charge in [0.05, 0.1) is 44.4 Å². The lowest BCUT2D eigenvalue weighted by atomic mass is 9.84. The van der Waals surface area contributed by atoms with Gasteiger partial charge < -0.3 is 9.32 Å². The van der Waals surface area contributed by atoms with Gasteiger partial charge in [-0.2, -0.15) is 4.57 Å². The number of aromatic nitrogens is 2. The zero-order valence-electron chi connectivity index (χ0n) is 35.4. The summed E-state index contributed by atoms with van der Waals surface area (Å²) in [6.45, 7) is 4.42. The van der Waals surface area contributed by atoms with Crippen LogP contribution >= 0.6 is 0 Å². The number of aryl methyl sites for hydroxylation is 3. The van der Waals surface area contributed by atoms with Crippen molar-refractivity contribution in [3.05, 3.63) is 211 Å². The molecule has 0 aliphatic carbocycles. The summed E-state index contributed by atoms with van der Waals surface area (Å²) in [5, 5.41) is 7.28. The molecule has 2 aliphatic heterocycles. The van der Waals surface area contributed by atoms with Crippen molar-refractivity contribution in [3.63, 3.8) is 0 Å². The van der Waals surface area contributed by atoms with Crippen LogP contribution in [0.15, 0.2) is 193 Å². The molecule has 8 aromatic carbocycles. The Labute approximate surface area is 366 Å². The van der Waals surface area contributed by atoms with Gasteiger partial charge in [-0.3, -0.25) is 0 Å². The molecule has 298 valence electrons. The van der Waals surface area contributed by atoms with Crippen molar-refractivity contribution in [1.29, 1.82) is 0 Å². The molecule has 0 radical (unpaired) electrons. The number of fused-ring (bicyclic) bond motifs is 11. The summed E-state index contributed by atoms with van der Waals surface area (Å²) in [5.41, 5.74) is 20.5. The maximum atomic E-state index is 6.47. The summed E-state index contributed by atoms with van der Waals surface area (Å²) in [6, 6.07) is 65.0. The monoisotopic (exact) mass is 809 g/mol. The molecule has 0 fully saturated rings. The van der Waals surface area contributed by atoms with Crippen LogP contribution in [-0.4, -0.2) is 0 Å². The van der Waals surface area contributed by atoms with Crippen molar-refractivity contribution in [3.8, 4) is 44.8 Å². The van der Waals surface area contributed by atoms with Crippen LogP contribution in [0, 0.1) is 6.92 Å². The number of furan rings is 1. The topological polar surface area (TPSA) is 24.1 Å². The molecule has 0 saturated heterocycles. The van der Waals surface area contributed by atoms with E-state index in [1.807, 2.05) is 0 Å². The van der Waals surface area contributed by atoms with Crippen molar-refractivity contribution >= 4 is 60.5 Å². The second kappa shape index (κ2) is 13.6. The maximum Gasteiger partial charge on any atom is 0.221 e. The van der Waals surface area contributed by atoms with Crippen LogP contribution in [0.3, 0.4) is 0 Å². The molecule has 0 saturated carbocycles. The highest BCUT2D eigenvalue weighted by molar-refractivity contribution is 6.08. The van der Waals surface area contributed by atoms with Crippen LogP contribution in [0.25, 0.3) is 88.3 Å². The number of nitrogens with zero attached hydrogens (tertiary/aromatic N) is 3. The molecular weight excluding hydrogens is 767 g/mol. The lowest BCUT2D eigenvalue weighted by Gasteiger charge is -2.35. The first-order valence-electron chi connectivity index (χ1n) is 22.1. The van der Waals surface area contributed by atoms with E-state index in [9.17, 15) is 0 Å². The molecule has 0 amide bonds. The number of pyridine rings is 2. The third kappa shape index (κ3) is 5.22. The van der Waals surface area contributed by atoms with Gasteiger partial charge >= 0.3 is 0 Å². The van der Waals surface area contributed by atoms with Gasteiger partial charge in [-0.15, -0.1) is 0 Å². The molecule has 11 aromatic rings. The van der Waals surface area contributed by atoms with E-state index in [1.54, 1.807) is 0 Å². The predicted molar refractivity (Wildman–Crippen MR) is 258 cm³/mol. The summed E-state index contributed by atoms with van der Waals surface area (Å²) in [5.74, 6) is 0. The highest BCUT2D eigenvalue weighted by Gasteiger charge is 2.48. The summed E-state index contributed by atoms with van der Waals surface area (Å²) in [7, 11) is 2.18. The Morgan fingerprint density at radius 2 is 1.13 bits per heavy atom. The van der Waals surface area contributed by atoms with Crippen molar-refractivity contribution < 1.29 is 13.6 Å². The molecule has 13 rings (SSSR count). The standard InChI is InChI=1S/C59H43N3O/c1-4-37-13-5-8-16-43(37)48-35-50-49-34-41(25-28-53(49)63-54(50)33-36(48)2)38-23-26-42(27-24-38)62-51-21-11-19-46(57-44-17-9-6-14-39(44)29-31-60(57)3)55(51)59-56-47(20-12-22-52(56)62)58-45-18-10-7-15-40(45)30-32-61(58)59/h5-35,59H,4H2,1-3H3/q+2. The minimum Gasteiger partial charge on any atom is -0.456 e. The molecule has 63 heavy (non-hydrogen) atoms. The van der Waals surface area contributed by atoms with Crippen LogP contribution in [0.2, 0.25) is 0 Å². The van der Waals surface area contributed by atoms with Gasteiger partial charge in [0.2, 0.25) is 17.4 Å². The van der Waals surface area contributed by atoms with E-state index in [2.05, 4.69) is 223 Å². The fraction of sp³-hybridized carbons (Fsp3) is 0.0847. The molecule has 4 heteroatoms. The van der Waals surface area contributed by atoms with Gasteiger partial charge in [-0.1, -0.05) is 97.9 Å². The summed E-state index contributed by atoms with van der Waals surface area (Å²) in [4.78, 5) is 2.50. The highest BCUT2D eigenvalue weighted by Crippen LogP contribution is 2.56. The van der Waals surface area contributed by atoms with Crippen LogP contribution in [-0.2, 0) is 13.5 Å². The van der Waals surface area contributed by atoms with E-state index >= 15 is 0 Å². The van der Waals surface area contributed by atoms with E-state index in [0.29, 0.717) is 0 Å². The third-order valence-corrected chi connectivity index (χ3v) is 13.9. The maximum absolute atomic E-state index is 6.47. The fourth-order valence-corrected chi connectivity index (χ4v) is 11.0. The molecule has 2 aliphatic rings. The van der Waals surface area contributed by atoms with Crippen molar-refractivity contribution in [2.24, 2.45) is 7.05 Å². The normalized spacial score (nSPS) is 13.8. The predicted octanol–water partition coefficient (Wildman–Crippen LogP) is 14.3. The Morgan fingerprint density at radius 1 is 0.508 bits per heavy atom. The molecule has 1 atom stereocenters. The largest absolute Gasteiger partial charge is 0.456 e. The summed E-state index contributed by atoms with van der Waals surface area (Å²) in [6.07, 6.45) is 5.50. The summed E-state index contributed by atoms with van der Waals surface area (Å²) < 4.78 is 11.3. The Balaban J connectivity index is 0.986. The lowest BCUT2D eigenvalue weighted by molar-refractivity contribution is -0.687. The van der Waals surface area contributed by atoms with E-state index < -0.39 is 0 Å². The van der Waals surface area contributed by atoms with Crippen LogP contribution < -0.4 is 14.0 Å². The molecule has 1 unspecified atom stereocenters. The van der Waals surface area contributed by atoms with Gasteiger partial charge in [-0.25, -0.2) is 4.57 Å². The van der Waals surface area contributed by atoms with Gasteiger partial charge in [-0.05, 0) is 130 Å². The zero-order chi connectivity index (χ0) is 41.9. The Bertz CT molecular complexity index is 3710. The van der Waals surface area contributed by atoms with Gasteiger partial charge in [0.25, 0.3) is 0 Å². The second-order valence-corrected chi connectivity index (χ2v) is 17.3. The average Bonchev–Trinajstić information content (AvgIpc) is 3.87. The Morgan fingerprint density at radius 3 is 1.87 bits per heavy atom. The molecule has 5 heterocycles. The smallest absolute Gasteiger partial charge is 0.221 e. The van der Waals surface area contributed by atoms with Crippen LogP contribution in [0.5, 0.6) is 0 Å². The molecule has 0 spiro atoms. The molecule has 0 N–H and O–H groups in total. The van der Waals surface area contributed by atoms with E-state index in [-0.39, 0.29) is 6.04 Å². The number of hydrogen-bond donors (Lipinski definition) is 0.